The molecule has 3 rings (SSSR count). The van der Waals surface area contributed by atoms with Gasteiger partial charge >= 0.3 is 5.97 Å². The first-order valence-electron chi connectivity index (χ1n) is 10.5. The van der Waals surface area contributed by atoms with E-state index in [0.29, 0.717) is 19.6 Å². The molecule has 2 N–H and O–H groups in total. The van der Waals surface area contributed by atoms with Gasteiger partial charge in [-0.3, -0.25) is 4.79 Å². The van der Waals surface area contributed by atoms with Crippen molar-refractivity contribution in [1.82, 2.24) is 0 Å². The number of aliphatic hydroxyl groups excluding tert-OH is 1. The lowest BCUT2D eigenvalue weighted by Gasteiger charge is -2.25. The number of nitrogens with zero attached hydrogens (tertiary/aromatic N) is 1. The van der Waals surface area contributed by atoms with Crippen LogP contribution in [-0.2, 0) is 16.1 Å². The van der Waals surface area contributed by atoms with Gasteiger partial charge in [0.05, 0.1) is 30.9 Å². The normalized spacial score (nSPS) is 17.5. The van der Waals surface area contributed by atoms with Gasteiger partial charge in [0.15, 0.2) is 0 Å². The fourth-order valence-electron chi connectivity index (χ4n) is 3.73. The molecule has 2 heterocycles. The van der Waals surface area contributed by atoms with Gasteiger partial charge in [-0.25, -0.2) is 4.79 Å². The summed E-state index contributed by atoms with van der Waals surface area (Å²) in [6.07, 6.45) is 4.73. The number of ether oxygens (including phenoxy) is 1. The number of rotatable bonds is 11. The van der Waals surface area contributed by atoms with Gasteiger partial charge in [-0.1, -0.05) is 38.3 Å². The molecular formula is C23H29NO5S. The highest BCUT2D eigenvalue weighted by Crippen LogP contribution is 2.29. The Balaban J connectivity index is 1.56. The Hall–Kier alpha value is -2.22. The maximum Gasteiger partial charge on any atom is 0.336 e. The van der Waals surface area contributed by atoms with Crippen molar-refractivity contribution in [3.63, 3.8) is 0 Å². The zero-order chi connectivity index (χ0) is 21.5. The van der Waals surface area contributed by atoms with Crippen molar-refractivity contribution in [3.05, 3.63) is 51.7 Å². The number of aromatic carboxylic acids is 1. The van der Waals surface area contributed by atoms with Gasteiger partial charge < -0.3 is 19.8 Å². The molecular weight excluding hydrogens is 402 g/mol. The van der Waals surface area contributed by atoms with Crippen LogP contribution < -0.4 is 4.90 Å². The summed E-state index contributed by atoms with van der Waals surface area (Å²) in [6.45, 7) is 2.87. The molecule has 1 saturated heterocycles. The molecule has 1 aliphatic heterocycles. The van der Waals surface area contributed by atoms with E-state index in [2.05, 4.69) is 6.92 Å². The molecule has 30 heavy (non-hydrogen) atoms. The van der Waals surface area contributed by atoms with Crippen LogP contribution in [0.4, 0.5) is 5.69 Å². The molecule has 0 saturated carbocycles. The molecule has 1 fully saturated rings. The summed E-state index contributed by atoms with van der Waals surface area (Å²) in [5, 5.41) is 20.9. The minimum absolute atomic E-state index is 0.0447. The molecule has 0 bridgehead atoms. The fourth-order valence-corrected chi connectivity index (χ4v) is 4.53. The number of aliphatic hydroxyl groups is 1. The minimum Gasteiger partial charge on any atom is -0.478 e. The maximum atomic E-state index is 12.4. The van der Waals surface area contributed by atoms with E-state index in [4.69, 9.17) is 9.84 Å². The second-order valence-electron chi connectivity index (χ2n) is 7.68. The van der Waals surface area contributed by atoms with Crippen LogP contribution in [0.2, 0.25) is 0 Å². The van der Waals surface area contributed by atoms with E-state index in [1.165, 1.54) is 11.3 Å². The monoisotopic (exact) mass is 431 g/mol. The smallest absolute Gasteiger partial charge is 0.336 e. The number of carbonyl (C=O) groups excluding carboxylic acids is 1. The van der Waals surface area contributed by atoms with E-state index >= 15 is 0 Å². The Bertz CT molecular complexity index is 848. The average molecular weight is 432 g/mol. The summed E-state index contributed by atoms with van der Waals surface area (Å²) in [5.41, 5.74) is 1.97. The Labute approximate surface area is 181 Å². The lowest BCUT2D eigenvalue weighted by atomic mass is 10.0. The van der Waals surface area contributed by atoms with E-state index in [-0.39, 0.29) is 17.5 Å². The third kappa shape index (κ3) is 5.68. The molecule has 1 aromatic carbocycles. The van der Waals surface area contributed by atoms with Gasteiger partial charge in [0.1, 0.15) is 0 Å². The highest BCUT2D eigenvalue weighted by Gasteiger charge is 2.32. The van der Waals surface area contributed by atoms with E-state index in [0.717, 1.165) is 48.2 Å². The zero-order valence-corrected chi connectivity index (χ0v) is 18.1. The molecule has 7 heteroatoms. The highest BCUT2D eigenvalue weighted by atomic mass is 32.1. The standard InChI is InChI=1S/C23H29NO5S/c1-2-3-4-5-21(25)16-6-8-18(9-7-16)24-19(10-11-22(24)26)13-29-14-20-12-17(15-30-20)23(27)28/h6-9,12,15,19,21,25H,2-5,10-11,13-14H2,1H3,(H,27,28)/t19-,21?/m1/s1. The van der Waals surface area contributed by atoms with E-state index in [1.807, 2.05) is 24.3 Å². The molecule has 1 aromatic heterocycles. The number of unbranched alkanes of at least 4 members (excludes halogenated alkanes) is 2. The molecule has 2 aromatic rings. The molecule has 2 atom stereocenters. The number of carboxylic acids is 1. The van der Waals surface area contributed by atoms with Crippen molar-refractivity contribution in [2.24, 2.45) is 0 Å². The number of carbonyl (C=O) groups is 2. The van der Waals surface area contributed by atoms with Crippen molar-refractivity contribution in [3.8, 4) is 0 Å². The largest absolute Gasteiger partial charge is 0.478 e. The third-order valence-electron chi connectivity index (χ3n) is 5.42. The number of hydrogen-bond acceptors (Lipinski definition) is 5. The number of hydrogen-bond donors (Lipinski definition) is 2. The van der Waals surface area contributed by atoms with Crippen LogP contribution in [0.5, 0.6) is 0 Å². The van der Waals surface area contributed by atoms with Crippen LogP contribution in [-0.4, -0.2) is 34.7 Å². The Morgan fingerprint density at radius 2 is 2.07 bits per heavy atom. The molecule has 1 aliphatic rings. The van der Waals surface area contributed by atoms with Gasteiger partial charge in [-0.05, 0) is 36.6 Å². The molecule has 1 unspecified atom stereocenters. The van der Waals surface area contributed by atoms with E-state index in [1.54, 1.807) is 16.3 Å². The molecule has 0 radical (unpaired) electrons. The summed E-state index contributed by atoms with van der Waals surface area (Å²) in [7, 11) is 0. The lowest BCUT2D eigenvalue weighted by molar-refractivity contribution is -0.117. The number of carboxylic acid groups (broad SMARTS) is 1. The van der Waals surface area contributed by atoms with Gasteiger partial charge in [0, 0.05) is 22.4 Å². The fraction of sp³-hybridized carbons (Fsp3) is 0.478. The first-order valence-corrected chi connectivity index (χ1v) is 11.4. The van der Waals surface area contributed by atoms with Crippen LogP contribution in [0.3, 0.4) is 0 Å². The second-order valence-corrected chi connectivity index (χ2v) is 8.68. The summed E-state index contributed by atoms with van der Waals surface area (Å²) in [4.78, 5) is 26.1. The van der Waals surface area contributed by atoms with Gasteiger partial charge in [0.25, 0.3) is 0 Å². The van der Waals surface area contributed by atoms with Gasteiger partial charge in [0.2, 0.25) is 5.91 Å². The molecule has 0 aliphatic carbocycles. The molecule has 162 valence electrons. The van der Waals surface area contributed by atoms with Crippen LogP contribution in [0.25, 0.3) is 0 Å². The van der Waals surface area contributed by atoms with Crippen LogP contribution in [0.1, 0.15) is 72.4 Å². The van der Waals surface area contributed by atoms with Crippen molar-refractivity contribution in [2.45, 2.75) is 64.2 Å². The maximum absolute atomic E-state index is 12.4. The van der Waals surface area contributed by atoms with Gasteiger partial charge in [-0.2, -0.15) is 0 Å². The third-order valence-corrected chi connectivity index (χ3v) is 6.33. The minimum atomic E-state index is -0.941. The summed E-state index contributed by atoms with van der Waals surface area (Å²) >= 11 is 1.36. The average Bonchev–Trinajstić information content (AvgIpc) is 3.35. The summed E-state index contributed by atoms with van der Waals surface area (Å²) in [6, 6.07) is 9.16. The topological polar surface area (TPSA) is 87.1 Å². The van der Waals surface area contributed by atoms with Crippen LogP contribution in [0, 0.1) is 0 Å². The number of benzene rings is 1. The summed E-state index contributed by atoms with van der Waals surface area (Å²) in [5.74, 6) is -0.867. The number of thiophene rings is 1. The first-order chi connectivity index (χ1) is 14.5. The predicted octanol–water partition coefficient (Wildman–Crippen LogP) is 4.77. The highest BCUT2D eigenvalue weighted by molar-refractivity contribution is 7.10. The van der Waals surface area contributed by atoms with Crippen molar-refractivity contribution < 1.29 is 24.5 Å². The van der Waals surface area contributed by atoms with Crippen molar-refractivity contribution in [2.75, 3.05) is 11.5 Å². The van der Waals surface area contributed by atoms with E-state index < -0.39 is 12.1 Å². The van der Waals surface area contributed by atoms with Crippen molar-refractivity contribution in [1.29, 1.82) is 0 Å². The SMILES string of the molecule is CCCCCC(O)c1ccc(N2C(=O)CC[C@@H]2COCc2cc(C(=O)O)cs2)cc1. The molecule has 6 nitrogen and oxygen atoms in total. The Kier molecular flexibility index (Phi) is 8.01. The number of anilines is 1. The predicted molar refractivity (Wildman–Crippen MR) is 117 cm³/mol. The Morgan fingerprint density at radius 3 is 2.73 bits per heavy atom. The Morgan fingerprint density at radius 1 is 1.30 bits per heavy atom. The summed E-state index contributed by atoms with van der Waals surface area (Å²) < 4.78 is 5.80. The first kappa shape index (κ1) is 22.5. The quantitative estimate of drug-likeness (QED) is 0.500. The van der Waals surface area contributed by atoms with E-state index in [9.17, 15) is 14.7 Å². The molecule has 1 amide bonds. The van der Waals surface area contributed by atoms with Crippen LogP contribution in [0.15, 0.2) is 35.7 Å². The number of amides is 1. The zero-order valence-electron chi connectivity index (χ0n) is 17.3. The molecule has 0 spiro atoms. The van der Waals surface area contributed by atoms with Crippen LogP contribution >= 0.6 is 11.3 Å². The lowest BCUT2D eigenvalue weighted by Crippen LogP contribution is -2.36. The van der Waals surface area contributed by atoms with Crippen molar-refractivity contribution >= 4 is 28.9 Å². The van der Waals surface area contributed by atoms with Gasteiger partial charge in [-0.15, -0.1) is 11.3 Å². The second kappa shape index (κ2) is 10.7.